The minimum atomic E-state index is -0.385. The van der Waals surface area contributed by atoms with Crippen LogP contribution < -0.4 is 9.13 Å². The Bertz CT molecular complexity index is 1600. The molecule has 0 N–H and O–H groups in total. The zero-order valence-electron chi connectivity index (χ0n) is 17.9. The van der Waals surface area contributed by atoms with Crippen molar-refractivity contribution in [2.75, 3.05) is 0 Å². The van der Waals surface area contributed by atoms with E-state index in [-0.39, 0.29) is 5.54 Å². The van der Waals surface area contributed by atoms with Gasteiger partial charge in [-0.15, -0.1) is 0 Å². The van der Waals surface area contributed by atoms with Crippen LogP contribution in [0.15, 0.2) is 94.9 Å². The summed E-state index contributed by atoms with van der Waals surface area (Å²) in [5.41, 5.74) is 8.99. The lowest BCUT2D eigenvalue weighted by Crippen LogP contribution is -2.57. The maximum Gasteiger partial charge on any atom is 0.347 e. The smallest absolute Gasteiger partial charge is 0.218 e. The zero-order valence-corrected chi connectivity index (χ0v) is 18.7. The molecule has 0 radical (unpaired) electrons. The molecule has 5 heterocycles. The number of aromatic nitrogens is 3. The van der Waals surface area contributed by atoms with Gasteiger partial charge in [0.15, 0.2) is 22.9 Å². The predicted octanol–water partition coefficient (Wildman–Crippen LogP) is 5.39. The van der Waals surface area contributed by atoms with Crippen LogP contribution in [-0.2, 0) is 5.54 Å². The second-order valence-corrected chi connectivity index (χ2v) is 10.3. The molecule has 1 atom stereocenters. The minimum absolute atomic E-state index is 0.335. The molecule has 8 rings (SSSR count). The van der Waals surface area contributed by atoms with Crippen LogP contribution in [-0.4, -0.2) is 4.57 Å². The first-order valence-electron chi connectivity index (χ1n) is 11.2. The Morgan fingerprint density at radius 1 is 0.812 bits per heavy atom. The molecule has 3 nitrogen and oxygen atoms in total. The largest absolute Gasteiger partial charge is 0.347 e. The van der Waals surface area contributed by atoms with Crippen LogP contribution in [0.3, 0.4) is 0 Å². The molecule has 152 valence electrons. The van der Waals surface area contributed by atoms with Crippen LogP contribution in [0.1, 0.15) is 36.8 Å². The summed E-state index contributed by atoms with van der Waals surface area (Å²) < 4.78 is 7.69. The summed E-state index contributed by atoms with van der Waals surface area (Å²) >= 11 is 1.91. The fraction of sp³-hybridized carbons (Fsp3) is 0.143. The summed E-state index contributed by atoms with van der Waals surface area (Å²) in [5.74, 6) is 1.35. The van der Waals surface area contributed by atoms with Crippen molar-refractivity contribution in [2.24, 2.45) is 0 Å². The van der Waals surface area contributed by atoms with E-state index in [1.807, 2.05) is 11.8 Å². The first kappa shape index (κ1) is 17.2. The fourth-order valence-corrected chi connectivity index (χ4v) is 7.51. The Hall–Kier alpha value is -3.37. The van der Waals surface area contributed by atoms with Crippen LogP contribution in [0, 0.1) is 0 Å². The van der Waals surface area contributed by atoms with Crippen molar-refractivity contribution >= 4 is 22.8 Å². The summed E-state index contributed by atoms with van der Waals surface area (Å²) in [6.07, 6.45) is 2.27. The number of hydrogen-bond donors (Lipinski definition) is 0. The highest BCUT2D eigenvalue weighted by molar-refractivity contribution is 7.99. The van der Waals surface area contributed by atoms with Gasteiger partial charge in [-0.3, -0.25) is 0 Å². The third-order valence-corrected chi connectivity index (χ3v) is 8.49. The van der Waals surface area contributed by atoms with Gasteiger partial charge < -0.3 is 0 Å². The van der Waals surface area contributed by atoms with Gasteiger partial charge in [-0.1, -0.05) is 42.1 Å². The molecule has 0 amide bonds. The molecule has 3 aliphatic heterocycles. The number of imidazole rings is 1. The Labute approximate surface area is 190 Å². The summed E-state index contributed by atoms with van der Waals surface area (Å²) in [7, 11) is 0. The molecule has 0 saturated heterocycles. The highest BCUT2D eigenvalue weighted by Gasteiger charge is 2.68. The van der Waals surface area contributed by atoms with E-state index >= 15 is 0 Å². The number of para-hydroxylation sites is 2. The molecule has 5 aromatic rings. The molecule has 0 bridgehead atoms. The number of benzene rings is 3. The van der Waals surface area contributed by atoms with Crippen LogP contribution in [0.2, 0.25) is 0 Å². The van der Waals surface area contributed by atoms with Gasteiger partial charge in [0, 0.05) is 12.1 Å². The summed E-state index contributed by atoms with van der Waals surface area (Å²) in [6.45, 7) is 4.63. The van der Waals surface area contributed by atoms with Gasteiger partial charge in [-0.05, 0) is 50.2 Å². The third-order valence-electron chi connectivity index (χ3n) is 7.39. The second kappa shape index (κ2) is 5.51. The molecule has 3 aromatic carbocycles. The van der Waals surface area contributed by atoms with E-state index in [0.29, 0.717) is 6.04 Å². The van der Waals surface area contributed by atoms with Crippen molar-refractivity contribution in [1.29, 1.82) is 0 Å². The van der Waals surface area contributed by atoms with E-state index in [9.17, 15) is 0 Å². The van der Waals surface area contributed by atoms with Crippen molar-refractivity contribution in [2.45, 2.75) is 35.2 Å². The molecule has 0 fully saturated rings. The number of rotatable bonds is 1. The lowest BCUT2D eigenvalue weighted by molar-refractivity contribution is -0.733. The average Bonchev–Trinajstić information content (AvgIpc) is 3.42. The second-order valence-electron chi connectivity index (χ2n) is 9.21. The first-order chi connectivity index (χ1) is 15.7. The van der Waals surface area contributed by atoms with Gasteiger partial charge in [0.2, 0.25) is 5.69 Å². The van der Waals surface area contributed by atoms with E-state index in [0.717, 1.165) is 0 Å². The van der Waals surface area contributed by atoms with Crippen molar-refractivity contribution in [3.05, 3.63) is 102 Å². The lowest BCUT2D eigenvalue weighted by Gasteiger charge is -2.20. The Balaban J connectivity index is 1.71. The third kappa shape index (κ3) is 1.66. The quantitative estimate of drug-likeness (QED) is 0.318. The number of hydrogen-bond acceptors (Lipinski definition) is 1. The highest BCUT2D eigenvalue weighted by Crippen LogP contribution is 2.54. The average molecular weight is 432 g/mol. The van der Waals surface area contributed by atoms with Crippen molar-refractivity contribution < 1.29 is 9.13 Å². The van der Waals surface area contributed by atoms with Crippen LogP contribution in [0.5, 0.6) is 0 Å². The topological polar surface area (TPSA) is 12.7 Å². The van der Waals surface area contributed by atoms with Crippen molar-refractivity contribution in [1.82, 2.24) is 4.57 Å². The van der Waals surface area contributed by atoms with Crippen LogP contribution >= 0.6 is 11.8 Å². The van der Waals surface area contributed by atoms with Crippen LogP contribution in [0.4, 0.5) is 0 Å². The van der Waals surface area contributed by atoms with Gasteiger partial charge in [0.05, 0.1) is 32.5 Å². The van der Waals surface area contributed by atoms with Crippen LogP contribution in [0.25, 0.3) is 28.0 Å². The molecule has 2 aromatic heterocycles. The van der Waals surface area contributed by atoms with Gasteiger partial charge in [-0.25, -0.2) is 4.57 Å². The molecule has 4 heteroatoms. The molecular formula is C28H21N3S+2. The number of fused-ring (bicyclic) bond motifs is 7. The van der Waals surface area contributed by atoms with E-state index in [1.165, 1.54) is 54.7 Å². The van der Waals surface area contributed by atoms with Gasteiger partial charge >= 0.3 is 11.4 Å². The van der Waals surface area contributed by atoms with Gasteiger partial charge in [0.25, 0.3) is 0 Å². The van der Waals surface area contributed by atoms with Gasteiger partial charge in [0.1, 0.15) is 0 Å². The standard InChI is InChI=1S/C28H21N3S/c1-17(2)30-22-13-8-15-24-26(22)31-25-20(11-7-14-23(25)32-24)28(27(30)31)19-10-4-3-9-18(19)21-12-5-6-16-29(21)28/h3-17H,1-2H3/q+2. The fourth-order valence-electron chi connectivity index (χ4n) is 6.39. The molecule has 0 aliphatic carbocycles. The molecule has 3 aliphatic rings. The van der Waals surface area contributed by atoms with E-state index in [1.54, 1.807) is 0 Å². The minimum Gasteiger partial charge on any atom is -0.218 e. The SMILES string of the molecule is CC(C)n1c2[n+]3c4c(cccc41)Sc1cccc(c1-3)C21c2ccccc2-c2cccc[n+]21. The first-order valence-corrected chi connectivity index (χ1v) is 12.1. The molecular weight excluding hydrogens is 410 g/mol. The Morgan fingerprint density at radius 3 is 2.50 bits per heavy atom. The Kier molecular flexibility index (Phi) is 2.96. The van der Waals surface area contributed by atoms with E-state index < -0.39 is 0 Å². The number of nitrogens with zero attached hydrogens (tertiary/aromatic N) is 3. The van der Waals surface area contributed by atoms with Gasteiger partial charge in [-0.2, -0.15) is 9.13 Å². The molecule has 1 spiro atoms. The maximum absolute atomic E-state index is 2.58. The highest BCUT2D eigenvalue weighted by atomic mass is 32.2. The summed E-state index contributed by atoms with van der Waals surface area (Å²) in [5, 5.41) is 0. The molecule has 1 unspecified atom stereocenters. The summed E-state index contributed by atoms with van der Waals surface area (Å²) in [6, 6.07) is 29.6. The predicted molar refractivity (Wildman–Crippen MR) is 125 cm³/mol. The van der Waals surface area contributed by atoms with Crippen molar-refractivity contribution in [3.8, 4) is 16.9 Å². The maximum atomic E-state index is 2.58. The van der Waals surface area contributed by atoms with E-state index in [2.05, 4.69) is 113 Å². The monoisotopic (exact) mass is 431 g/mol. The van der Waals surface area contributed by atoms with E-state index in [4.69, 9.17) is 0 Å². The Morgan fingerprint density at radius 2 is 1.59 bits per heavy atom. The summed E-state index contributed by atoms with van der Waals surface area (Å²) in [4.78, 5) is 2.68. The zero-order chi connectivity index (χ0) is 21.2. The molecule has 32 heavy (non-hydrogen) atoms. The normalized spacial score (nSPS) is 18.6. The molecule has 0 saturated carbocycles. The van der Waals surface area contributed by atoms with Crippen molar-refractivity contribution in [3.63, 3.8) is 0 Å². The lowest BCUT2D eigenvalue weighted by atomic mass is 9.83. The number of pyridine rings is 1.